The first-order valence-corrected chi connectivity index (χ1v) is 5.23. The van der Waals surface area contributed by atoms with Crippen LogP contribution in [0.2, 0.25) is 0 Å². The molecule has 0 fully saturated rings. The maximum Gasteiger partial charge on any atom is 0.227 e. The molecule has 0 amide bonds. The lowest BCUT2D eigenvalue weighted by atomic mass is 10.3. The second kappa shape index (κ2) is 6.20. The van der Waals surface area contributed by atoms with Gasteiger partial charge < -0.3 is 15.6 Å². The highest BCUT2D eigenvalue weighted by molar-refractivity contribution is 6.28. The highest BCUT2D eigenvalue weighted by atomic mass is 35.5. The highest BCUT2D eigenvalue weighted by Gasteiger charge is 2.09. The second-order valence-corrected chi connectivity index (χ2v) is 3.77. The van der Waals surface area contributed by atoms with E-state index in [1.807, 2.05) is 0 Å². The number of pyridine rings is 1. The first kappa shape index (κ1) is 14.2. The standard InChI is InChI=1S/C11H11ClF2N2O2/c1-6(15)2-10(11(12)17)18-5-9-8(14)3-7(13)4-16-9/h2-4,17H,5,15H2,1H3/b6-2-,11-10+. The number of nitrogens with zero attached hydrogens (tertiary/aromatic N) is 1. The molecule has 4 nitrogen and oxygen atoms in total. The molecule has 0 bridgehead atoms. The van der Waals surface area contributed by atoms with E-state index in [0.29, 0.717) is 11.8 Å². The molecule has 1 aromatic rings. The van der Waals surface area contributed by atoms with Gasteiger partial charge in [-0.15, -0.1) is 0 Å². The van der Waals surface area contributed by atoms with Crippen molar-refractivity contribution in [3.63, 3.8) is 0 Å². The summed E-state index contributed by atoms with van der Waals surface area (Å²) < 4.78 is 30.9. The molecule has 98 valence electrons. The second-order valence-electron chi connectivity index (χ2n) is 3.41. The van der Waals surface area contributed by atoms with E-state index in [2.05, 4.69) is 4.98 Å². The Hall–Kier alpha value is -1.82. The summed E-state index contributed by atoms with van der Waals surface area (Å²) in [5.74, 6) is -1.76. The molecule has 0 aliphatic heterocycles. The number of ether oxygens (including phenoxy) is 1. The van der Waals surface area contributed by atoms with Gasteiger partial charge in [0, 0.05) is 17.8 Å². The Labute approximate surface area is 107 Å². The first-order chi connectivity index (χ1) is 8.40. The normalized spacial score (nSPS) is 13.2. The summed E-state index contributed by atoms with van der Waals surface area (Å²) in [5.41, 5.74) is 5.61. The number of halogens is 3. The molecular weight excluding hydrogens is 266 g/mol. The van der Waals surface area contributed by atoms with E-state index in [-0.39, 0.29) is 18.1 Å². The van der Waals surface area contributed by atoms with E-state index in [1.54, 1.807) is 6.92 Å². The van der Waals surface area contributed by atoms with Gasteiger partial charge in [-0.3, -0.25) is 4.98 Å². The lowest BCUT2D eigenvalue weighted by molar-refractivity contribution is 0.189. The number of aromatic nitrogens is 1. The van der Waals surface area contributed by atoms with Crippen molar-refractivity contribution in [3.05, 3.63) is 52.3 Å². The van der Waals surface area contributed by atoms with Gasteiger partial charge in [0.05, 0.1) is 6.20 Å². The molecule has 18 heavy (non-hydrogen) atoms. The zero-order chi connectivity index (χ0) is 13.7. The van der Waals surface area contributed by atoms with Crippen molar-refractivity contribution < 1.29 is 18.6 Å². The molecule has 0 saturated heterocycles. The molecular formula is C11H11ClF2N2O2. The molecule has 0 atom stereocenters. The number of nitrogens with two attached hydrogens (primary N) is 1. The first-order valence-electron chi connectivity index (χ1n) is 4.85. The Morgan fingerprint density at radius 1 is 1.61 bits per heavy atom. The lowest BCUT2D eigenvalue weighted by Gasteiger charge is -2.08. The number of aliphatic hydroxyl groups is 1. The van der Waals surface area contributed by atoms with Crippen LogP contribution in [0.4, 0.5) is 8.78 Å². The predicted octanol–water partition coefficient (Wildman–Crippen LogP) is 2.70. The van der Waals surface area contributed by atoms with Gasteiger partial charge >= 0.3 is 0 Å². The van der Waals surface area contributed by atoms with E-state index in [9.17, 15) is 8.78 Å². The quantitative estimate of drug-likeness (QED) is 0.655. The third-order valence-corrected chi connectivity index (χ3v) is 2.00. The maximum absolute atomic E-state index is 13.2. The maximum atomic E-state index is 13.2. The third kappa shape index (κ3) is 4.21. The summed E-state index contributed by atoms with van der Waals surface area (Å²) in [6, 6.07) is 0.680. The molecule has 0 aliphatic rings. The monoisotopic (exact) mass is 276 g/mol. The molecule has 0 unspecified atom stereocenters. The van der Waals surface area contributed by atoms with Gasteiger partial charge in [-0.25, -0.2) is 8.78 Å². The van der Waals surface area contributed by atoms with Crippen LogP contribution >= 0.6 is 11.6 Å². The Balaban J connectivity index is 2.80. The van der Waals surface area contributed by atoms with Crippen LogP contribution in [0.5, 0.6) is 0 Å². The van der Waals surface area contributed by atoms with E-state index in [1.165, 1.54) is 6.08 Å². The summed E-state index contributed by atoms with van der Waals surface area (Å²) in [6.07, 6.45) is 2.12. The number of allylic oxidation sites excluding steroid dienone is 2. The number of rotatable bonds is 4. The molecule has 7 heteroatoms. The Kier molecular flexibility index (Phi) is 4.91. The van der Waals surface area contributed by atoms with Gasteiger partial charge in [0.2, 0.25) is 5.22 Å². The predicted molar refractivity (Wildman–Crippen MR) is 62.4 cm³/mol. The van der Waals surface area contributed by atoms with Crippen molar-refractivity contribution in [2.75, 3.05) is 0 Å². The average molecular weight is 277 g/mol. The van der Waals surface area contributed by atoms with Crippen LogP contribution in [0.1, 0.15) is 12.6 Å². The zero-order valence-corrected chi connectivity index (χ0v) is 10.2. The van der Waals surface area contributed by atoms with Gasteiger partial charge in [-0.05, 0) is 18.5 Å². The van der Waals surface area contributed by atoms with Crippen molar-refractivity contribution in [1.29, 1.82) is 0 Å². The molecule has 1 rings (SSSR count). The molecule has 0 aliphatic carbocycles. The van der Waals surface area contributed by atoms with E-state index < -0.39 is 16.9 Å². The fraction of sp³-hybridized carbons (Fsp3) is 0.182. The average Bonchev–Trinajstić information content (AvgIpc) is 2.25. The van der Waals surface area contributed by atoms with Crippen molar-refractivity contribution in [3.8, 4) is 0 Å². The molecule has 0 aromatic carbocycles. The summed E-state index contributed by atoms with van der Waals surface area (Å²) in [6.45, 7) is 1.24. The minimum Gasteiger partial charge on any atom is -0.496 e. The molecule has 1 aromatic heterocycles. The fourth-order valence-corrected chi connectivity index (χ4v) is 1.17. The molecule has 3 N–H and O–H groups in total. The SMILES string of the molecule is C/C(N)=C/C(OCc1ncc(F)cc1F)=C(\O)Cl. The van der Waals surface area contributed by atoms with Crippen molar-refractivity contribution in [2.45, 2.75) is 13.5 Å². The van der Waals surface area contributed by atoms with Crippen LogP contribution in [-0.4, -0.2) is 10.1 Å². The highest BCUT2D eigenvalue weighted by Crippen LogP contribution is 2.14. The summed E-state index contributed by atoms with van der Waals surface area (Å²) in [7, 11) is 0. The van der Waals surface area contributed by atoms with Crippen LogP contribution in [-0.2, 0) is 11.3 Å². The molecule has 1 heterocycles. The largest absolute Gasteiger partial charge is 0.496 e. The van der Waals surface area contributed by atoms with Crippen molar-refractivity contribution in [2.24, 2.45) is 5.73 Å². The topological polar surface area (TPSA) is 68.4 Å². The fourth-order valence-electron chi connectivity index (χ4n) is 1.06. The minimum absolute atomic E-state index is 0.116. The van der Waals surface area contributed by atoms with Gasteiger partial charge in [0.1, 0.15) is 18.1 Å². The zero-order valence-electron chi connectivity index (χ0n) is 9.45. The Bertz CT molecular complexity index is 496. The number of hydrogen-bond donors (Lipinski definition) is 2. The van der Waals surface area contributed by atoms with Crippen LogP contribution < -0.4 is 5.73 Å². The summed E-state index contributed by atoms with van der Waals surface area (Å²) in [5, 5.41) is 8.48. The van der Waals surface area contributed by atoms with Gasteiger partial charge in [0.25, 0.3) is 0 Å². The minimum atomic E-state index is -0.850. The third-order valence-electron chi connectivity index (χ3n) is 1.81. The molecule has 0 spiro atoms. The van der Waals surface area contributed by atoms with Crippen LogP contribution in [0.3, 0.4) is 0 Å². The van der Waals surface area contributed by atoms with Crippen LogP contribution in [0.25, 0.3) is 0 Å². The van der Waals surface area contributed by atoms with E-state index in [4.69, 9.17) is 27.2 Å². The smallest absolute Gasteiger partial charge is 0.227 e. The van der Waals surface area contributed by atoms with Gasteiger partial charge in [-0.1, -0.05) is 0 Å². The molecule has 0 saturated carbocycles. The van der Waals surface area contributed by atoms with Gasteiger partial charge in [0.15, 0.2) is 11.6 Å². The van der Waals surface area contributed by atoms with Crippen LogP contribution in [0, 0.1) is 11.6 Å². The number of hydrogen-bond acceptors (Lipinski definition) is 4. The van der Waals surface area contributed by atoms with Crippen LogP contribution in [0.15, 0.2) is 35.0 Å². The van der Waals surface area contributed by atoms with Crippen molar-refractivity contribution >= 4 is 11.6 Å². The van der Waals surface area contributed by atoms with E-state index in [0.717, 1.165) is 6.20 Å². The Morgan fingerprint density at radius 2 is 2.28 bits per heavy atom. The molecule has 0 radical (unpaired) electrons. The summed E-state index contributed by atoms with van der Waals surface area (Å²) in [4.78, 5) is 3.51. The number of aliphatic hydroxyl groups excluding tert-OH is 1. The summed E-state index contributed by atoms with van der Waals surface area (Å²) >= 11 is 5.36. The van der Waals surface area contributed by atoms with E-state index >= 15 is 0 Å². The lowest BCUT2D eigenvalue weighted by Crippen LogP contribution is -2.02. The Morgan fingerprint density at radius 3 is 2.78 bits per heavy atom. The van der Waals surface area contributed by atoms with Crippen molar-refractivity contribution in [1.82, 2.24) is 4.98 Å². The van der Waals surface area contributed by atoms with Gasteiger partial charge in [-0.2, -0.15) is 0 Å².